The number of aromatic nitrogens is 2. The van der Waals surface area contributed by atoms with Crippen LogP contribution in [0, 0.1) is 6.92 Å². The highest BCUT2D eigenvalue weighted by Gasteiger charge is 2.24. The van der Waals surface area contributed by atoms with E-state index in [9.17, 15) is 9.18 Å². The number of halogens is 1. The predicted molar refractivity (Wildman–Crippen MR) is 42.8 cm³/mol. The quantitative estimate of drug-likeness (QED) is 0.687. The Hall–Kier alpha value is -1.19. The minimum Gasteiger partial charge on any atom is -0.340 e. The van der Waals surface area contributed by atoms with E-state index in [0.29, 0.717) is 17.7 Å². The van der Waals surface area contributed by atoms with Crippen molar-refractivity contribution in [3.8, 4) is 0 Å². The second-order valence-electron chi connectivity index (χ2n) is 3.19. The first-order valence-electron chi connectivity index (χ1n) is 3.66. The van der Waals surface area contributed by atoms with E-state index in [1.807, 2.05) is 0 Å². The van der Waals surface area contributed by atoms with Gasteiger partial charge in [-0.1, -0.05) is 0 Å². The second-order valence-corrected chi connectivity index (χ2v) is 3.19. The van der Waals surface area contributed by atoms with Gasteiger partial charge in [-0.3, -0.25) is 4.79 Å². The molecule has 0 aliphatic carbocycles. The van der Waals surface area contributed by atoms with Crippen LogP contribution in [-0.2, 0) is 5.67 Å². The summed E-state index contributed by atoms with van der Waals surface area (Å²) in [5.74, 6) is 0.174. The highest BCUT2D eigenvalue weighted by Crippen LogP contribution is 2.24. The topological polar surface area (TPSA) is 45.8 Å². The van der Waals surface area contributed by atoms with E-state index in [-0.39, 0.29) is 5.82 Å². The molecule has 0 aliphatic heterocycles. The molecule has 1 N–H and O–H groups in total. The number of rotatable bonds is 2. The minimum absolute atomic E-state index is 0.174. The van der Waals surface area contributed by atoms with E-state index >= 15 is 0 Å². The Bertz CT molecular complexity index is 298. The van der Waals surface area contributed by atoms with E-state index in [0.717, 1.165) is 0 Å². The molecule has 0 aromatic carbocycles. The second kappa shape index (κ2) is 2.69. The number of nitrogens with one attached hydrogen (secondary N) is 1. The van der Waals surface area contributed by atoms with Crippen LogP contribution in [0.5, 0.6) is 0 Å². The summed E-state index contributed by atoms with van der Waals surface area (Å²) in [5.41, 5.74) is -0.601. The van der Waals surface area contributed by atoms with Gasteiger partial charge in [0.2, 0.25) is 0 Å². The average molecular weight is 170 g/mol. The summed E-state index contributed by atoms with van der Waals surface area (Å²) in [6, 6.07) is 0. The molecule has 1 aromatic heterocycles. The first kappa shape index (κ1) is 8.90. The zero-order chi connectivity index (χ0) is 9.35. The number of carbonyl (C=O) groups is 1. The number of aryl methyl sites for hydroxylation is 1. The number of hydrogen-bond acceptors (Lipinski definition) is 2. The maximum atomic E-state index is 13.3. The van der Waals surface area contributed by atoms with Crippen LogP contribution in [-0.4, -0.2) is 16.3 Å². The molecule has 66 valence electrons. The van der Waals surface area contributed by atoms with Gasteiger partial charge < -0.3 is 4.98 Å². The Morgan fingerprint density at radius 2 is 2.17 bits per heavy atom. The average Bonchev–Trinajstić information content (AvgIpc) is 2.29. The number of nitrogens with zero attached hydrogens (tertiary/aromatic N) is 1. The SMILES string of the molecule is Cc1[nH]c(C=O)nc1C(C)(C)F. The van der Waals surface area contributed by atoms with Crippen LogP contribution in [0.1, 0.15) is 35.9 Å². The first-order valence-corrected chi connectivity index (χ1v) is 3.66. The number of aldehydes is 1. The van der Waals surface area contributed by atoms with E-state index in [1.54, 1.807) is 6.92 Å². The first-order chi connectivity index (χ1) is 5.45. The lowest BCUT2D eigenvalue weighted by molar-refractivity contribution is 0.111. The molecule has 0 unspecified atom stereocenters. The number of carbonyl (C=O) groups excluding carboxylic acids is 1. The molecule has 0 amide bonds. The Balaban J connectivity index is 3.16. The zero-order valence-corrected chi connectivity index (χ0v) is 7.31. The van der Waals surface area contributed by atoms with E-state index in [4.69, 9.17) is 0 Å². The molecule has 0 fully saturated rings. The summed E-state index contributed by atoms with van der Waals surface area (Å²) in [4.78, 5) is 16.8. The molecule has 0 spiro atoms. The van der Waals surface area contributed by atoms with Crippen LogP contribution < -0.4 is 0 Å². The highest BCUT2D eigenvalue weighted by molar-refractivity contribution is 5.69. The van der Waals surface area contributed by atoms with Crippen LogP contribution in [0.15, 0.2) is 0 Å². The van der Waals surface area contributed by atoms with Crippen LogP contribution in [0.3, 0.4) is 0 Å². The molecule has 0 bridgehead atoms. The lowest BCUT2D eigenvalue weighted by Crippen LogP contribution is -2.11. The molecule has 1 heterocycles. The van der Waals surface area contributed by atoms with Crippen molar-refractivity contribution >= 4 is 6.29 Å². The summed E-state index contributed by atoms with van der Waals surface area (Å²) in [6.07, 6.45) is 0.572. The summed E-state index contributed by atoms with van der Waals surface area (Å²) < 4.78 is 13.3. The summed E-state index contributed by atoms with van der Waals surface area (Å²) in [7, 11) is 0. The fourth-order valence-corrected chi connectivity index (χ4v) is 1.12. The molecule has 3 nitrogen and oxygen atoms in total. The van der Waals surface area contributed by atoms with Crippen molar-refractivity contribution in [2.75, 3.05) is 0 Å². The third-order valence-corrected chi connectivity index (χ3v) is 1.58. The number of alkyl halides is 1. The number of imidazole rings is 1. The van der Waals surface area contributed by atoms with Gasteiger partial charge in [0.15, 0.2) is 12.1 Å². The standard InChI is InChI=1S/C8H11FN2O/c1-5-7(8(2,3)9)11-6(4-12)10-5/h4H,1-3H3,(H,10,11). The molecular weight excluding hydrogens is 159 g/mol. The van der Waals surface area contributed by atoms with Gasteiger partial charge in [0.25, 0.3) is 0 Å². The molecule has 1 aromatic rings. The van der Waals surface area contributed by atoms with Crippen molar-refractivity contribution in [1.29, 1.82) is 0 Å². The predicted octanol–water partition coefficient (Wildman–Crippen LogP) is 1.74. The fraction of sp³-hybridized carbons (Fsp3) is 0.500. The van der Waals surface area contributed by atoms with Gasteiger partial charge in [0.05, 0.1) is 5.69 Å². The molecule has 0 saturated heterocycles. The van der Waals surface area contributed by atoms with Crippen molar-refractivity contribution in [2.24, 2.45) is 0 Å². The lowest BCUT2D eigenvalue weighted by atomic mass is 10.1. The smallest absolute Gasteiger partial charge is 0.185 e. The Labute approximate surface area is 70.0 Å². The summed E-state index contributed by atoms with van der Waals surface area (Å²) >= 11 is 0. The number of hydrogen-bond donors (Lipinski definition) is 1. The fourth-order valence-electron chi connectivity index (χ4n) is 1.12. The van der Waals surface area contributed by atoms with E-state index < -0.39 is 5.67 Å². The van der Waals surface area contributed by atoms with Crippen LogP contribution >= 0.6 is 0 Å². The van der Waals surface area contributed by atoms with Gasteiger partial charge in [-0.05, 0) is 20.8 Å². The maximum Gasteiger partial charge on any atom is 0.185 e. The third-order valence-electron chi connectivity index (χ3n) is 1.58. The largest absolute Gasteiger partial charge is 0.340 e. The third kappa shape index (κ3) is 1.52. The molecule has 4 heteroatoms. The van der Waals surface area contributed by atoms with Crippen LogP contribution in [0.2, 0.25) is 0 Å². The molecule has 12 heavy (non-hydrogen) atoms. The number of H-pyrrole nitrogens is 1. The molecule has 0 radical (unpaired) electrons. The van der Waals surface area contributed by atoms with Crippen molar-refractivity contribution in [3.63, 3.8) is 0 Å². The van der Waals surface area contributed by atoms with Gasteiger partial charge >= 0.3 is 0 Å². The molecule has 0 atom stereocenters. The van der Waals surface area contributed by atoms with Gasteiger partial charge in [-0.15, -0.1) is 0 Å². The van der Waals surface area contributed by atoms with Crippen LogP contribution in [0.4, 0.5) is 4.39 Å². The molecule has 1 rings (SSSR count). The van der Waals surface area contributed by atoms with Gasteiger partial charge in [0, 0.05) is 5.69 Å². The minimum atomic E-state index is -1.50. The Morgan fingerprint density at radius 3 is 2.42 bits per heavy atom. The molecular formula is C8H11FN2O. The maximum absolute atomic E-state index is 13.3. The highest BCUT2D eigenvalue weighted by atomic mass is 19.1. The van der Waals surface area contributed by atoms with Gasteiger partial charge in [-0.2, -0.15) is 0 Å². The monoisotopic (exact) mass is 170 g/mol. The molecule has 0 aliphatic rings. The van der Waals surface area contributed by atoms with Gasteiger partial charge in [-0.25, -0.2) is 9.37 Å². The lowest BCUT2D eigenvalue weighted by Gasteiger charge is -2.10. The van der Waals surface area contributed by atoms with Crippen LogP contribution in [0.25, 0.3) is 0 Å². The van der Waals surface area contributed by atoms with Crippen molar-refractivity contribution < 1.29 is 9.18 Å². The van der Waals surface area contributed by atoms with Crippen molar-refractivity contribution in [1.82, 2.24) is 9.97 Å². The normalized spacial score (nSPS) is 11.7. The van der Waals surface area contributed by atoms with Crippen molar-refractivity contribution in [2.45, 2.75) is 26.4 Å². The zero-order valence-electron chi connectivity index (χ0n) is 7.31. The van der Waals surface area contributed by atoms with Gasteiger partial charge in [0.1, 0.15) is 5.67 Å². The Morgan fingerprint density at radius 1 is 1.58 bits per heavy atom. The summed E-state index contributed by atoms with van der Waals surface area (Å²) in [6.45, 7) is 4.51. The molecule has 0 saturated carbocycles. The van der Waals surface area contributed by atoms with E-state index in [1.165, 1.54) is 13.8 Å². The number of aromatic amines is 1. The van der Waals surface area contributed by atoms with E-state index in [2.05, 4.69) is 9.97 Å². The van der Waals surface area contributed by atoms with Crippen molar-refractivity contribution in [3.05, 3.63) is 17.2 Å². The summed E-state index contributed by atoms with van der Waals surface area (Å²) in [5, 5.41) is 0. The Kier molecular flexibility index (Phi) is 2.00.